The summed E-state index contributed by atoms with van der Waals surface area (Å²) in [6.45, 7) is 11.9. The third-order valence-electron chi connectivity index (χ3n) is 4.02. The number of aromatic nitrogens is 12. The fourth-order valence-electron chi connectivity index (χ4n) is 2.11. The molecular formula is C24H44Mo8N12O28-48. The number of hydrogen-bond donors (Lipinski definition) is 6. The minimum atomic E-state index is 0. The SMILES string of the molecule is Cc1cc[nH+][nH]1.Cc1cc[nH+][nH]1.Cc1cc[nH+][nH]1.Cc1cc[nH+][nH]1.Cc1ccn[nH]1.Cc1ccn[nH]1.O.O.[Mo].[Mo].[Mo].[Mo].[Mo].[Mo].[Mo].[Mo].[O-2].[O-2].[O-2].[O-2].[O-2].[O-2].[O-2].[O-2].[O-2].[O-2].[O-2].[O-2].[O-2].[O-2].[O-2].[O-2].[O-2].[O-2].[O-2].[O-2].[O-2].[O-2].[O-2].[O-2].[O-2].[O-2]. The number of H-pyrrole nitrogens is 10. The zero-order valence-corrected chi connectivity index (χ0v) is 52.8. The molecule has 48 heteroatoms. The third kappa shape index (κ3) is 189. The van der Waals surface area contributed by atoms with Crippen molar-refractivity contribution in [1.82, 2.24) is 40.8 Å². The van der Waals surface area contributed by atoms with Gasteiger partial charge >= 0.3 is 0 Å². The van der Waals surface area contributed by atoms with Gasteiger partial charge in [-0.1, -0.05) is 0 Å². The van der Waals surface area contributed by atoms with Gasteiger partial charge in [0.25, 0.3) is 0 Å². The molecule has 0 amide bonds. The van der Waals surface area contributed by atoms with E-state index in [1.54, 1.807) is 12.4 Å². The van der Waals surface area contributed by atoms with Crippen LogP contribution in [0.2, 0.25) is 0 Å². The molecule has 0 radical (unpaired) electrons. The first kappa shape index (κ1) is 281. The minimum Gasteiger partial charge on any atom is -2.00 e. The molecule has 0 aliphatic rings. The van der Waals surface area contributed by atoms with Crippen molar-refractivity contribution in [3.05, 3.63) is 108 Å². The molecule has 0 fully saturated rings. The van der Waals surface area contributed by atoms with E-state index in [0.29, 0.717) is 0 Å². The summed E-state index contributed by atoms with van der Waals surface area (Å²) >= 11 is 0. The van der Waals surface area contributed by atoms with E-state index in [-0.39, 0.29) is 322 Å². The molecule has 0 saturated carbocycles. The Labute approximate surface area is 527 Å². The van der Waals surface area contributed by atoms with E-state index in [9.17, 15) is 0 Å². The van der Waals surface area contributed by atoms with Crippen LogP contribution < -0.4 is 20.4 Å². The molecule has 0 unspecified atom stereocenters. The van der Waals surface area contributed by atoms with E-state index >= 15 is 0 Å². The summed E-state index contributed by atoms with van der Waals surface area (Å²) in [4.78, 5) is 0. The standard InChI is InChI=1S/6C4H6N2.8Mo.2H2O.26O/c6*1-4-2-3-5-6-4;;;;;;;;;;;;;;;;;;;;;;;;;;;;;;;;;;;;/h6*2-3H,1H3,(H,5,6);;;;;;;;;2*1H2;;;;;;;;;;;;;;;;;;;;;;;;;;/q;;;;;;;;;;;;;;;;26*-2/p+4. The average Bonchev–Trinajstić information content (AvgIpc) is 3.67. The van der Waals surface area contributed by atoms with Crippen LogP contribution in [0.4, 0.5) is 0 Å². The van der Waals surface area contributed by atoms with Crippen LogP contribution in [0.15, 0.2) is 73.6 Å². The first-order valence-corrected chi connectivity index (χ1v) is 11.4. The number of aromatic amines is 10. The second-order valence-electron chi connectivity index (χ2n) is 7.62. The summed E-state index contributed by atoms with van der Waals surface area (Å²) in [6, 6.07) is 11.7. The van der Waals surface area contributed by atoms with Crippen molar-refractivity contribution < 1.29 is 342 Å². The van der Waals surface area contributed by atoms with Crippen LogP contribution in [0.3, 0.4) is 0 Å². The molecule has 0 bridgehead atoms. The quantitative estimate of drug-likeness (QED) is 0.0881. The Morgan fingerprint density at radius 1 is 0.250 bits per heavy atom. The van der Waals surface area contributed by atoms with E-state index in [1.165, 1.54) is 0 Å². The van der Waals surface area contributed by atoms with Crippen LogP contribution in [-0.2, 0) is 311 Å². The maximum atomic E-state index is 3.70. The van der Waals surface area contributed by atoms with Crippen molar-refractivity contribution in [2.24, 2.45) is 0 Å². The fraction of sp³-hybridized carbons (Fsp3) is 0.250. The maximum absolute atomic E-state index is 3.70. The maximum Gasteiger partial charge on any atom is 0.193 e. The summed E-state index contributed by atoms with van der Waals surface area (Å²) in [5.41, 5.74) is 6.86. The molecule has 0 aromatic carbocycles. The number of hydrogen-bond acceptors (Lipinski definition) is 2. The zero-order valence-electron chi connectivity index (χ0n) is 36.7. The Hall–Kier alpha value is -0.354. The molecule has 72 heavy (non-hydrogen) atoms. The van der Waals surface area contributed by atoms with Crippen molar-refractivity contribution >= 4 is 0 Å². The third-order valence-corrected chi connectivity index (χ3v) is 4.02. The molecule has 6 aromatic heterocycles. The normalized spacial score (nSPS) is 4.42. The number of rotatable bonds is 0. The van der Waals surface area contributed by atoms with Crippen molar-refractivity contribution in [2.45, 2.75) is 41.5 Å². The van der Waals surface area contributed by atoms with Gasteiger partial charge in [-0.3, -0.25) is 10.2 Å². The summed E-state index contributed by atoms with van der Waals surface area (Å²) in [5.74, 6) is 0. The van der Waals surface area contributed by atoms with Crippen LogP contribution in [0, 0.1) is 41.5 Å². The topological polar surface area (TPSA) is 981 Å². The van der Waals surface area contributed by atoms with E-state index in [0.717, 1.165) is 34.2 Å². The predicted octanol–water partition coefficient (Wildman–Crippen LogP) is -2.77. The van der Waals surface area contributed by atoms with Gasteiger partial charge in [-0.15, -0.1) is 20.4 Å². The summed E-state index contributed by atoms with van der Waals surface area (Å²) < 4.78 is 0. The summed E-state index contributed by atoms with van der Waals surface area (Å²) in [7, 11) is 0. The molecule has 0 saturated heterocycles. The molecule has 0 atom stereocenters. The van der Waals surface area contributed by atoms with Crippen LogP contribution in [0.1, 0.15) is 34.2 Å². The molecule has 14 N–H and O–H groups in total. The van der Waals surface area contributed by atoms with Gasteiger partial charge in [0.15, 0.2) is 24.8 Å². The second kappa shape index (κ2) is 198. The first-order chi connectivity index (χ1) is 17.4. The van der Waals surface area contributed by atoms with Crippen molar-refractivity contribution in [1.29, 1.82) is 0 Å². The van der Waals surface area contributed by atoms with Crippen molar-refractivity contribution in [3.8, 4) is 0 Å². The molecule has 0 aliphatic heterocycles. The number of nitrogens with one attached hydrogen (secondary N) is 10. The predicted molar refractivity (Wildman–Crippen MR) is 160 cm³/mol. The van der Waals surface area contributed by atoms with Gasteiger partial charge in [-0.25, -0.2) is 0 Å². The van der Waals surface area contributed by atoms with Gasteiger partial charge in [0.1, 0.15) is 0 Å². The second-order valence-corrected chi connectivity index (χ2v) is 7.62. The molecule has 6 heterocycles. The van der Waals surface area contributed by atoms with E-state index in [4.69, 9.17) is 0 Å². The minimum absolute atomic E-state index is 0. The van der Waals surface area contributed by atoms with Crippen LogP contribution >= 0.6 is 0 Å². The Morgan fingerprint density at radius 3 is 0.417 bits per heavy atom. The fourth-order valence-corrected chi connectivity index (χ4v) is 2.11. The monoisotopic (exact) mass is 1730 g/mol. The average molecular weight is 1720 g/mol. The van der Waals surface area contributed by atoms with Gasteiger partial charge in [-0.2, -0.15) is 30.6 Å². The number of aryl methyl sites for hydroxylation is 6. The van der Waals surface area contributed by atoms with Crippen LogP contribution in [0.25, 0.3) is 0 Å². The van der Waals surface area contributed by atoms with Crippen molar-refractivity contribution in [2.75, 3.05) is 0 Å². The number of nitrogens with zero attached hydrogens (tertiary/aromatic N) is 2. The van der Waals surface area contributed by atoms with Crippen molar-refractivity contribution in [3.63, 3.8) is 0 Å². The molecular weight excluding hydrogens is 1670 g/mol. The molecule has 6 aromatic rings. The molecule has 6 rings (SSSR count). The smallest absolute Gasteiger partial charge is 0.193 e. The Kier molecular flexibility index (Phi) is 772. The van der Waals surface area contributed by atoms with Gasteiger partial charge < -0.3 is 153 Å². The largest absolute Gasteiger partial charge is 2.00 e. The summed E-state index contributed by atoms with van der Waals surface area (Å²) in [5, 5.41) is 35.6. The molecule has 0 aliphatic carbocycles. The van der Waals surface area contributed by atoms with Gasteiger partial charge in [0, 0.05) is 217 Å². The van der Waals surface area contributed by atoms with Gasteiger partial charge in [-0.05, 0) is 53.7 Å². The van der Waals surface area contributed by atoms with E-state index < -0.39 is 0 Å². The summed E-state index contributed by atoms with van der Waals surface area (Å²) in [6.07, 6.45) is 10.9. The molecule has 40 nitrogen and oxygen atoms in total. The molecule has 464 valence electrons. The van der Waals surface area contributed by atoms with E-state index in [1.807, 2.05) is 103 Å². The van der Waals surface area contributed by atoms with Gasteiger partial charge in [0.2, 0.25) is 0 Å². The molecule has 0 spiro atoms. The van der Waals surface area contributed by atoms with Crippen LogP contribution in [0.5, 0.6) is 0 Å². The Balaban J connectivity index is -0.00000000578. The van der Waals surface area contributed by atoms with E-state index in [2.05, 4.69) is 61.2 Å². The zero-order chi connectivity index (χ0) is 26.4. The van der Waals surface area contributed by atoms with Crippen LogP contribution in [-0.4, -0.2) is 51.7 Å². The first-order valence-electron chi connectivity index (χ1n) is 11.4. The Morgan fingerprint density at radius 2 is 0.389 bits per heavy atom. The Bertz CT molecular complexity index is 1000. The van der Waals surface area contributed by atoms with Gasteiger partial charge in [0.05, 0.1) is 22.8 Å².